The van der Waals surface area contributed by atoms with Gasteiger partial charge in [-0.1, -0.05) is 6.92 Å². The number of aliphatic imine (C=N–C) groups is 1. The Balaban J connectivity index is 2.10. The second-order valence-corrected chi connectivity index (χ2v) is 3.85. The zero-order valence-electron chi connectivity index (χ0n) is 9.81. The number of pyridine rings is 1. The molecule has 1 aromatic rings. The predicted octanol–water partition coefficient (Wildman–Crippen LogP) is 1.68. The summed E-state index contributed by atoms with van der Waals surface area (Å²) in [5.74, 6) is 0.0391. The van der Waals surface area contributed by atoms with Gasteiger partial charge in [0.2, 0.25) is 5.91 Å². The van der Waals surface area contributed by atoms with Gasteiger partial charge in [-0.2, -0.15) is 0 Å². The van der Waals surface area contributed by atoms with E-state index in [9.17, 15) is 4.79 Å². The van der Waals surface area contributed by atoms with Crippen molar-refractivity contribution >= 4 is 11.6 Å². The Hall–Kier alpha value is -1.97. The fourth-order valence-corrected chi connectivity index (χ4v) is 1.71. The molecule has 0 radical (unpaired) electrons. The molecule has 0 spiro atoms. The molecule has 2 heterocycles. The van der Waals surface area contributed by atoms with Crippen LogP contribution in [0.25, 0.3) is 0 Å². The number of hydrogen-bond acceptors (Lipinski definition) is 3. The highest BCUT2D eigenvalue weighted by atomic mass is 16.1. The third kappa shape index (κ3) is 2.78. The quantitative estimate of drug-likeness (QED) is 0.854. The zero-order valence-corrected chi connectivity index (χ0v) is 9.81. The van der Waals surface area contributed by atoms with Gasteiger partial charge >= 0.3 is 0 Å². The highest BCUT2D eigenvalue weighted by Gasteiger charge is 2.15. The Morgan fingerprint density at radius 3 is 3.12 bits per heavy atom. The summed E-state index contributed by atoms with van der Waals surface area (Å²) in [7, 11) is 0. The van der Waals surface area contributed by atoms with Crippen LogP contribution in [0.4, 0.5) is 0 Å². The van der Waals surface area contributed by atoms with Gasteiger partial charge in [-0.25, -0.2) is 0 Å². The molecule has 17 heavy (non-hydrogen) atoms. The fourth-order valence-electron chi connectivity index (χ4n) is 1.71. The van der Waals surface area contributed by atoms with Gasteiger partial charge in [0.15, 0.2) is 0 Å². The monoisotopic (exact) mass is 229 g/mol. The Morgan fingerprint density at radius 2 is 2.41 bits per heavy atom. The van der Waals surface area contributed by atoms with Crippen molar-refractivity contribution in [1.82, 2.24) is 10.3 Å². The molecule has 1 aliphatic rings. The normalized spacial score (nSPS) is 14.2. The summed E-state index contributed by atoms with van der Waals surface area (Å²) in [6.07, 6.45) is 6.79. The SMILES string of the molecule is CCCC(=O)NC1=CCN=C1c1cccnc1. The Bertz CT molecular complexity index is 463. The number of carbonyl (C=O) groups is 1. The minimum atomic E-state index is 0.0391. The van der Waals surface area contributed by atoms with Crippen LogP contribution in [0.1, 0.15) is 25.3 Å². The maximum atomic E-state index is 11.6. The van der Waals surface area contributed by atoms with Crippen LogP contribution in [-0.4, -0.2) is 23.1 Å². The molecule has 88 valence electrons. The first-order chi connectivity index (χ1) is 8.31. The highest BCUT2D eigenvalue weighted by Crippen LogP contribution is 2.12. The summed E-state index contributed by atoms with van der Waals surface area (Å²) in [5, 5.41) is 2.89. The molecule has 0 atom stereocenters. The largest absolute Gasteiger partial charge is 0.324 e. The molecule has 4 heteroatoms. The topological polar surface area (TPSA) is 54.4 Å². The van der Waals surface area contributed by atoms with Gasteiger partial charge in [-0.3, -0.25) is 14.8 Å². The number of nitrogens with one attached hydrogen (secondary N) is 1. The van der Waals surface area contributed by atoms with Crippen molar-refractivity contribution in [2.75, 3.05) is 6.54 Å². The van der Waals surface area contributed by atoms with Crippen molar-refractivity contribution in [2.45, 2.75) is 19.8 Å². The smallest absolute Gasteiger partial charge is 0.224 e. The van der Waals surface area contributed by atoms with Crippen LogP contribution in [0.15, 0.2) is 41.3 Å². The first-order valence-corrected chi connectivity index (χ1v) is 5.76. The second kappa shape index (κ2) is 5.39. The molecule has 0 unspecified atom stereocenters. The predicted molar refractivity (Wildman–Crippen MR) is 66.8 cm³/mol. The van der Waals surface area contributed by atoms with E-state index in [2.05, 4.69) is 15.3 Å². The molecule has 1 aliphatic heterocycles. The summed E-state index contributed by atoms with van der Waals surface area (Å²) in [6, 6.07) is 3.80. The van der Waals surface area contributed by atoms with E-state index in [0.29, 0.717) is 13.0 Å². The lowest BCUT2D eigenvalue weighted by Crippen LogP contribution is -2.26. The molecule has 2 rings (SSSR count). The molecule has 1 amide bonds. The third-order valence-corrected chi connectivity index (χ3v) is 2.49. The molecular formula is C13H15N3O. The molecule has 0 aliphatic carbocycles. The van der Waals surface area contributed by atoms with Crippen LogP contribution in [-0.2, 0) is 4.79 Å². The number of carbonyl (C=O) groups excluding carboxylic acids is 1. The van der Waals surface area contributed by atoms with E-state index in [-0.39, 0.29) is 5.91 Å². The Kier molecular flexibility index (Phi) is 3.65. The summed E-state index contributed by atoms with van der Waals surface area (Å²) >= 11 is 0. The standard InChI is InChI=1S/C13H15N3O/c1-2-4-12(17)16-11-6-8-15-13(11)10-5-3-7-14-9-10/h3,5-7,9H,2,4,8H2,1H3,(H,16,17). The van der Waals surface area contributed by atoms with Crippen LogP contribution in [0.5, 0.6) is 0 Å². The van der Waals surface area contributed by atoms with Crippen molar-refractivity contribution < 1.29 is 4.79 Å². The van der Waals surface area contributed by atoms with Gasteiger partial charge in [0, 0.05) is 24.4 Å². The number of aromatic nitrogens is 1. The second-order valence-electron chi connectivity index (χ2n) is 3.85. The Morgan fingerprint density at radius 1 is 1.53 bits per heavy atom. The van der Waals surface area contributed by atoms with E-state index in [1.165, 1.54) is 0 Å². The molecule has 0 saturated heterocycles. The van der Waals surface area contributed by atoms with E-state index >= 15 is 0 Å². The minimum Gasteiger partial charge on any atom is -0.324 e. The average molecular weight is 229 g/mol. The van der Waals surface area contributed by atoms with Crippen LogP contribution in [0.2, 0.25) is 0 Å². The van der Waals surface area contributed by atoms with E-state index in [4.69, 9.17) is 0 Å². The van der Waals surface area contributed by atoms with Gasteiger partial charge in [0.25, 0.3) is 0 Å². The van der Waals surface area contributed by atoms with Crippen LogP contribution >= 0.6 is 0 Å². The fraction of sp³-hybridized carbons (Fsp3) is 0.308. The summed E-state index contributed by atoms with van der Waals surface area (Å²) in [5.41, 5.74) is 2.56. The first-order valence-electron chi connectivity index (χ1n) is 5.76. The van der Waals surface area contributed by atoms with E-state index in [1.54, 1.807) is 12.4 Å². The van der Waals surface area contributed by atoms with Crippen LogP contribution in [0.3, 0.4) is 0 Å². The molecule has 0 aromatic carbocycles. The number of rotatable bonds is 4. The van der Waals surface area contributed by atoms with Gasteiger partial charge in [-0.05, 0) is 24.6 Å². The average Bonchev–Trinajstić information content (AvgIpc) is 2.78. The molecule has 4 nitrogen and oxygen atoms in total. The summed E-state index contributed by atoms with van der Waals surface area (Å²) < 4.78 is 0. The van der Waals surface area contributed by atoms with Crippen molar-refractivity contribution in [1.29, 1.82) is 0 Å². The maximum Gasteiger partial charge on any atom is 0.224 e. The zero-order chi connectivity index (χ0) is 12.1. The molecule has 1 aromatic heterocycles. The van der Waals surface area contributed by atoms with Gasteiger partial charge in [0.1, 0.15) is 0 Å². The van der Waals surface area contributed by atoms with Gasteiger partial charge < -0.3 is 5.32 Å². The van der Waals surface area contributed by atoms with Crippen molar-refractivity contribution in [3.05, 3.63) is 41.9 Å². The molecule has 1 N–H and O–H groups in total. The molecule has 0 bridgehead atoms. The van der Waals surface area contributed by atoms with Crippen LogP contribution < -0.4 is 5.32 Å². The lowest BCUT2D eigenvalue weighted by Gasteiger charge is -2.08. The summed E-state index contributed by atoms with van der Waals surface area (Å²) in [6.45, 7) is 2.60. The lowest BCUT2D eigenvalue weighted by atomic mass is 10.1. The van der Waals surface area contributed by atoms with E-state index in [1.807, 2.05) is 25.1 Å². The van der Waals surface area contributed by atoms with Crippen LogP contribution in [0, 0.1) is 0 Å². The molecular weight excluding hydrogens is 214 g/mol. The van der Waals surface area contributed by atoms with Crippen molar-refractivity contribution in [2.24, 2.45) is 4.99 Å². The number of nitrogens with zero attached hydrogens (tertiary/aromatic N) is 2. The highest BCUT2D eigenvalue weighted by molar-refractivity contribution is 6.14. The van der Waals surface area contributed by atoms with Crippen molar-refractivity contribution in [3.63, 3.8) is 0 Å². The minimum absolute atomic E-state index is 0.0391. The Labute approximate surface area is 100 Å². The van der Waals surface area contributed by atoms with Gasteiger partial charge in [-0.15, -0.1) is 0 Å². The first kappa shape index (κ1) is 11.5. The lowest BCUT2D eigenvalue weighted by molar-refractivity contribution is -0.120. The maximum absolute atomic E-state index is 11.6. The van der Waals surface area contributed by atoms with Gasteiger partial charge in [0.05, 0.1) is 18.0 Å². The number of allylic oxidation sites excluding steroid dienone is 1. The van der Waals surface area contributed by atoms with E-state index in [0.717, 1.165) is 23.4 Å². The number of hydrogen-bond donors (Lipinski definition) is 1. The number of amides is 1. The summed E-state index contributed by atoms with van der Waals surface area (Å²) in [4.78, 5) is 20.0. The van der Waals surface area contributed by atoms with E-state index < -0.39 is 0 Å². The molecule has 0 saturated carbocycles. The molecule has 0 fully saturated rings. The third-order valence-electron chi connectivity index (χ3n) is 2.49. The van der Waals surface area contributed by atoms with Crippen molar-refractivity contribution in [3.8, 4) is 0 Å².